The quantitative estimate of drug-likeness (QED) is 0.673. The van der Waals surface area contributed by atoms with Gasteiger partial charge in [0.15, 0.2) is 5.17 Å². The molecule has 0 atom stereocenters. The standard InChI is InChI=1S/C22H20N4O2S/c1-23-22-25(2)21(28)19(29-22)12-15-13-26(18-11-7-6-10-17(15)18)14-20(27)24-16-8-4-3-5-9-16/h3-13H,14H2,1-2H3,(H,24,27)/b19-12+,23-22?. The second-order valence-corrected chi connectivity index (χ2v) is 7.63. The molecule has 3 aromatic rings. The van der Waals surface area contributed by atoms with Crippen molar-refractivity contribution in [1.82, 2.24) is 9.47 Å². The largest absolute Gasteiger partial charge is 0.337 e. The van der Waals surface area contributed by atoms with E-state index in [4.69, 9.17) is 0 Å². The SMILES string of the molecule is CN=C1S/C(=C/c2cn(CC(=O)Nc3ccccc3)c3ccccc23)C(=O)N1C. The van der Waals surface area contributed by atoms with Crippen molar-refractivity contribution < 1.29 is 9.59 Å². The molecule has 0 unspecified atom stereocenters. The number of carbonyl (C=O) groups excluding carboxylic acids is 2. The van der Waals surface area contributed by atoms with E-state index < -0.39 is 0 Å². The van der Waals surface area contributed by atoms with Gasteiger partial charge in [0.25, 0.3) is 5.91 Å². The second kappa shape index (κ2) is 7.97. The molecule has 6 nitrogen and oxygen atoms in total. The number of thioether (sulfide) groups is 1. The molecule has 0 radical (unpaired) electrons. The molecule has 1 saturated heterocycles. The highest BCUT2D eigenvalue weighted by Gasteiger charge is 2.30. The van der Waals surface area contributed by atoms with Gasteiger partial charge in [0.1, 0.15) is 6.54 Å². The van der Waals surface area contributed by atoms with Gasteiger partial charge in [-0.25, -0.2) is 0 Å². The van der Waals surface area contributed by atoms with Gasteiger partial charge in [0, 0.05) is 42.4 Å². The molecule has 0 aliphatic carbocycles. The first-order valence-corrected chi connectivity index (χ1v) is 9.95. The van der Waals surface area contributed by atoms with Crippen LogP contribution in [0.3, 0.4) is 0 Å². The van der Waals surface area contributed by atoms with E-state index in [2.05, 4.69) is 10.3 Å². The molecule has 2 amide bonds. The van der Waals surface area contributed by atoms with Gasteiger partial charge in [-0.05, 0) is 36.0 Å². The number of rotatable bonds is 4. The van der Waals surface area contributed by atoms with E-state index >= 15 is 0 Å². The van der Waals surface area contributed by atoms with Crippen LogP contribution in [0.1, 0.15) is 5.56 Å². The Hall–Kier alpha value is -3.32. The summed E-state index contributed by atoms with van der Waals surface area (Å²) in [6.07, 6.45) is 3.78. The minimum Gasteiger partial charge on any atom is -0.337 e. The molecule has 1 fully saturated rings. The molecule has 1 aliphatic heterocycles. The summed E-state index contributed by atoms with van der Waals surface area (Å²) in [6.45, 7) is 0.182. The fourth-order valence-electron chi connectivity index (χ4n) is 3.29. The van der Waals surface area contributed by atoms with E-state index in [0.717, 1.165) is 22.2 Å². The zero-order valence-electron chi connectivity index (χ0n) is 16.1. The predicted octanol–water partition coefficient (Wildman–Crippen LogP) is 3.81. The summed E-state index contributed by atoms with van der Waals surface area (Å²) >= 11 is 1.35. The van der Waals surface area contributed by atoms with Crippen LogP contribution in [-0.2, 0) is 16.1 Å². The highest BCUT2D eigenvalue weighted by molar-refractivity contribution is 8.18. The van der Waals surface area contributed by atoms with Crippen molar-refractivity contribution in [1.29, 1.82) is 0 Å². The average molecular weight is 404 g/mol. The van der Waals surface area contributed by atoms with Gasteiger partial charge in [0.05, 0.1) is 4.91 Å². The van der Waals surface area contributed by atoms with Crippen molar-refractivity contribution in [2.75, 3.05) is 19.4 Å². The normalized spacial score (nSPS) is 16.9. The van der Waals surface area contributed by atoms with E-state index in [9.17, 15) is 9.59 Å². The lowest BCUT2D eigenvalue weighted by atomic mass is 10.1. The third-order valence-corrected chi connectivity index (χ3v) is 5.82. The first-order valence-electron chi connectivity index (χ1n) is 9.14. The van der Waals surface area contributed by atoms with Crippen LogP contribution in [0.4, 0.5) is 5.69 Å². The Labute approximate surface area is 172 Å². The summed E-state index contributed by atoms with van der Waals surface area (Å²) < 4.78 is 1.91. The molecular weight excluding hydrogens is 384 g/mol. The number of anilines is 1. The highest BCUT2D eigenvalue weighted by atomic mass is 32.2. The number of benzene rings is 2. The van der Waals surface area contributed by atoms with Crippen molar-refractivity contribution in [3.05, 3.63) is 71.3 Å². The van der Waals surface area contributed by atoms with Crippen LogP contribution in [-0.4, -0.2) is 40.5 Å². The number of para-hydroxylation sites is 2. The van der Waals surface area contributed by atoms with Gasteiger partial charge in [-0.15, -0.1) is 0 Å². The molecule has 0 saturated carbocycles. The van der Waals surface area contributed by atoms with E-state index in [0.29, 0.717) is 10.1 Å². The summed E-state index contributed by atoms with van der Waals surface area (Å²) in [4.78, 5) is 31.3. The molecule has 2 aromatic carbocycles. The van der Waals surface area contributed by atoms with Gasteiger partial charge in [-0.3, -0.25) is 19.5 Å². The molecule has 1 N–H and O–H groups in total. The summed E-state index contributed by atoms with van der Waals surface area (Å²) in [5.41, 5.74) is 2.60. The summed E-state index contributed by atoms with van der Waals surface area (Å²) in [7, 11) is 3.39. The maximum Gasteiger partial charge on any atom is 0.266 e. The molecule has 0 spiro atoms. The maximum atomic E-state index is 12.5. The summed E-state index contributed by atoms with van der Waals surface area (Å²) in [5.74, 6) is -0.183. The minimum absolute atomic E-state index is 0.0748. The minimum atomic E-state index is -0.109. The number of amides is 2. The number of fused-ring (bicyclic) bond motifs is 1. The zero-order chi connectivity index (χ0) is 20.4. The van der Waals surface area contributed by atoms with Gasteiger partial charge in [-0.1, -0.05) is 36.4 Å². The first kappa shape index (κ1) is 19.0. The van der Waals surface area contributed by atoms with Crippen LogP contribution in [0.5, 0.6) is 0 Å². The zero-order valence-corrected chi connectivity index (χ0v) is 16.9. The Balaban J connectivity index is 1.65. The van der Waals surface area contributed by atoms with Crippen LogP contribution < -0.4 is 5.32 Å². The number of hydrogen-bond donors (Lipinski definition) is 1. The highest BCUT2D eigenvalue weighted by Crippen LogP contribution is 2.33. The van der Waals surface area contributed by atoms with Crippen LogP contribution in [0.15, 0.2) is 70.7 Å². The molecule has 2 heterocycles. The third kappa shape index (κ3) is 3.82. The lowest BCUT2D eigenvalue weighted by Crippen LogP contribution is -2.23. The molecule has 146 valence electrons. The van der Waals surface area contributed by atoms with Crippen LogP contribution in [0.25, 0.3) is 17.0 Å². The van der Waals surface area contributed by atoms with Crippen molar-refractivity contribution >= 4 is 51.4 Å². The number of likely N-dealkylation sites (N-methyl/N-ethyl adjacent to an activating group) is 1. The van der Waals surface area contributed by atoms with E-state index in [1.54, 1.807) is 19.0 Å². The number of aliphatic imine (C=N–C) groups is 1. The molecule has 29 heavy (non-hydrogen) atoms. The molecule has 4 rings (SSSR count). The van der Waals surface area contributed by atoms with Crippen molar-refractivity contribution in [3.8, 4) is 0 Å². The van der Waals surface area contributed by atoms with Crippen molar-refractivity contribution in [3.63, 3.8) is 0 Å². The fraction of sp³-hybridized carbons (Fsp3) is 0.136. The fourth-order valence-corrected chi connectivity index (χ4v) is 4.21. The number of aromatic nitrogens is 1. The van der Waals surface area contributed by atoms with E-state index in [1.807, 2.05) is 71.4 Å². The van der Waals surface area contributed by atoms with Crippen LogP contribution >= 0.6 is 11.8 Å². The molecule has 0 bridgehead atoms. The topological polar surface area (TPSA) is 66.7 Å². The Bertz CT molecular complexity index is 1150. The lowest BCUT2D eigenvalue weighted by Gasteiger charge is -2.07. The average Bonchev–Trinajstić information content (AvgIpc) is 3.21. The monoisotopic (exact) mass is 404 g/mol. The Kier molecular flexibility index (Phi) is 5.22. The van der Waals surface area contributed by atoms with Gasteiger partial charge in [0.2, 0.25) is 5.91 Å². The molecule has 1 aromatic heterocycles. The van der Waals surface area contributed by atoms with Crippen LogP contribution in [0.2, 0.25) is 0 Å². The summed E-state index contributed by atoms with van der Waals surface area (Å²) in [5, 5.41) is 4.57. The number of nitrogens with one attached hydrogen (secondary N) is 1. The number of hydrogen-bond acceptors (Lipinski definition) is 4. The van der Waals surface area contributed by atoms with Crippen molar-refractivity contribution in [2.45, 2.75) is 6.54 Å². The number of carbonyl (C=O) groups is 2. The first-order chi connectivity index (χ1) is 14.1. The third-order valence-electron chi connectivity index (χ3n) is 4.67. The smallest absolute Gasteiger partial charge is 0.266 e. The maximum absolute atomic E-state index is 12.5. The predicted molar refractivity (Wildman–Crippen MR) is 119 cm³/mol. The Morgan fingerprint density at radius 3 is 2.59 bits per heavy atom. The van der Waals surface area contributed by atoms with Gasteiger partial charge < -0.3 is 9.88 Å². The van der Waals surface area contributed by atoms with E-state index in [-0.39, 0.29) is 18.4 Å². The van der Waals surface area contributed by atoms with Crippen molar-refractivity contribution in [2.24, 2.45) is 4.99 Å². The molecular formula is C22H20N4O2S. The van der Waals surface area contributed by atoms with Crippen LogP contribution in [0, 0.1) is 0 Å². The Morgan fingerprint density at radius 2 is 1.86 bits per heavy atom. The molecule has 7 heteroatoms. The van der Waals surface area contributed by atoms with Gasteiger partial charge >= 0.3 is 0 Å². The second-order valence-electron chi connectivity index (χ2n) is 6.62. The van der Waals surface area contributed by atoms with E-state index in [1.165, 1.54) is 11.8 Å². The molecule has 1 aliphatic rings. The number of nitrogens with zero attached hydrogens (tertiary/aromatic N) is 3. The summed E-state index contributed by atoms with van der Waals surface area (Å²) in [6, 6.07) is 17.2. The van der Waals surface area contributed by atoms with Gasteiger partial charge in [-0.2, -0.15) is 0 Å². The lowest BCUT2D eigenvalue weighted by molar-refractivity contribution is -0.121. The Morgan fingerprint density at radius 1 is 1.14 bits per heavy atom. The number of amidine groups is 1.